The topological polar surface area (TPSA) is 57.6 Å². The molecule has 1 aliphatic heterocycles. The van der Waals surface area contributed by atoms with E-state index >= 15 is 0 Å². The zero-order chi connectivity index (χ0) is 14.1. The van der Waals surface area contributed by atoms with Crippen LogP contribution in [-0.4, -0.2) is 23.0 Å². The summed E-state index contributed by atoms with van der Waals surface area (Å²) in [4.78, 5) is 25.7. The minimum Gasteiger partial charge on any atom is -0.480 e. The van der Waals surface area contributed by atoms with Gasteiger partial charge in [-0.3, -0.25) is 9.69 Å². The van der Waals surface area contributed by atoms with Crippen LogP contribution in [0.1, 0.15) is 24.8 Å². The zero-order valence-corrected chi connectivity index (χ0v) is 11.2. The van der Waals surface area contributed by atoms with E-state index in [-0.39, 0.29) is 11.8 Å². The van der Waals surface area contributed by atoms with Gasteiger partial charge in [0.05, 0.1) is 0 Å². The van der Waals surface area contributed by atoms with Crippen molar-refractivity contribution in [3.8, 4) is 0 Å². The van der Waals surface area contributed by atoms with Crippen molar-refractivity contribution in [1.82, 2.24) is 0 Å². The van der Waals surface area contributed by atoms with Gasteiger partial charge in [0.15, 0.2) is 0 Å². The molecule has 2 atom stereocenters. The molecule has 0 radical (unpaired) electrons. The van der Waals surface area contributed by atoms with Crippen molar-refractivity contribution in [2.24, 2.45) is 5.92 Å². The van der Waals surface area contributed by atoms with E-state index < -0.39 is 12.0 Å². The van der Waals surface area contributed by atoms with Gasteiger partial charge in [-0.05, 0) is 30.9 Å². The van der Waals surface area contributed by atoms with Crippen molar-refractivity contribution in [2.75, 3.05) is 4.90 Å². The van der Waals surface area contributed by atoms with Gasteiger partial charge in [0, 0.05) is 18.0 Å². The van der Waals surface area contributed by atoms with Crippen molar-refractivity contribution < 1.29 is 14.7 Å². The number of nitrogens with zero attached hydrogens (tertiary/aromatic N) is 1. The quantitative estimate of drug-likeness (QED) is 0.840. The van der Waals surface area contributed by atoms with E-state index in [0.29, 0.717) is 12.8 Å². The van der Waals surface area contributed by atoms with Gasteiger partial charge in [0.1, 0.15) is 6.04 Å². The smallest absolute Gasteiger partial charge is 0.327 e. The van der Waals surface area contributed by atoms with Crippen LogP contribution in [0.15, 0.2) is 36.4 Å². The molecule has 1 amide bonds. The standard InChI is InChI=1S/C16H17NO3/c18-15(11-6-2-1-3-7-11)17-13-9-5-4-8-12(13)10-14(17)16(19)20/h1-2,4-5,8-9,11,14H,3,6-7,10H2,(H,19,20). The Hall–Kier alpha value is -2.10. The van der Waals surface area contributed by atoms with Crippen LogP contribution in [0.4, 0.5) is 5.69 Å². The van der Waals surface area contributed by atoms with Gasteiger partial charge in [-0.1, -0.05) is 30.4 Å². The Kier molecular flexibility index (Phi) is 3.30. The Morgan fingerprint density at radius 3 is 2.70 bits per heavy atom. The van der Waals surface area contributed by atoms with Gasteiger partial charge >= 0.3 is 5.97 Å². The first-order valence-electron chi connectivity index (χ1n) is 6.97. The van der Waals surface area contributed by atoms with E-state index in [0.717, 1.165) is 24.1 Å². The van der Waals surface area contributed by atoms with Crippen LogP contribution in [0.25, 0.3) is 0 Å². The highest BCUT2D eigenvalue weighted by Crippen LogP contribution is 2.35. The fourth-order valence-corrected chi connectivity index (χ4v) is 3.07. The lowest BCUT2D eigenvalue weighted by molar-refractivity contribution is -0.140. The number of hydrogen-bond donors (Lipinski definition) is 1. The van der Waals surface area contributed by atoms with Crippen molar-refractivity contribution in [2.45, 2.75) is 31.7 Å². The Bertz CT molecular complexity index is 579. The third-order valence-electron chi connectivity index (χ3n) is 4.12. The number of carboxylic acids is 1. The summed E-state index contributed by atoms with van der Waals surface area (Å²) in [6, 6.07) is 6.72. The van der Waals surface area contributed by atoms with E-state index in [2.05, 4.69) is 6.08 Å². The molecule has 0 saturated carbocycles. The highest BCUT2D eigenvalue weighted by molar-refractivity contribution is 6.03. The number of allylic oxidation sites excluding steroid dienone is 2. The number of carboxylic acid groups (broad SMARTS) is 1. The number of fused-ring (bicyclic) bond motifs is 1. The first kappa shape index (κ1) is 12.9. The fourth-order valence-electron chi connectivity index (χ4n) is 3.07. The first-order chi connectivity index (χ1) is 9.68. The van der Waals surface area contributed by atoms with E-state index in [1.165, 1.54) is 4.90 Å². The number of carbonyl (C=O) groups excluding carboxylic acids is 1. The number of anilines is 1. The SMILES string of the molecule is O=C(O)C1Cc2ccccc2N1C(=O)C1CC=CCC1. The summed E-state index contributed by atoms with van der Waals surface area (Å²) in [6.07, 6.45) is 6.91. The number of hydrogen-bond acceptors (Lipinski definition) is 2. The highest BCUT2D eigenvalue weighted by Gasteiger charge is 2.40. The summed E-state index contributed by atoms with van der Waals surface area (Å²) in [5.74, 6) is -1.07. The minimum absolute atomic E-state index is 0.0494. The molecule has 3 rings (SSSR count). The number of aliphatic carboxylic acids is 1. The van der Waals surface area contributed by atoms with E-state index in [9.17, 15) is 14.7 Å². The predicted octanol–water partition coefficient (Wildman–Crippen LogP) is 2.39. The fraction of sp³-hybridized carbons (Fsp3) is 0.375. The number of rotatable bonds is 2. The number of para-hydroxylation sites is 1. The lowest BCUT2D eigenvalue weighted by Gasteiger charge is -2.28. The molecule has 4 nitrogen and oxygen atoms in total. The zero-order valence-electron chi connectivity index (χ0n) is 11.2. The van der Waals surface area contributed by atoms with Gasteiger partial charge in [-0.15, -0.1) is 0 Å². The van der Waals surface area contributed by atoms with Crippen molar-refractivity contribution >= 4 is 17.6 Å². The Morgan fingerprint density at radius 1 is 1.20 bits per heavy atom. The summed E-state index contributed by atoms with van der Waals surface area (Å²) in [5.41, 5.74) is 1.71. The molecule has 0 saturated heterocycles. The Balaban J connectivity index is 1.93. The molecule has 0 fully saturated rings. The second-order valence-electron chi connectivity index (χ2n) is 5.38. The molecule has 1 N–H and O–H groups in total. The van der Waals surface area contributed by atoms with Crippen LogP contribution in [0.5, 0.6) is 0 Å². The van der Waals surface area contributed by atoms with Gasteiger partial charge in [0.2, 0.25) is 5.91 Å². The summed E-state index contributed by atoms with van der Waals surface area (Å²) in [7, 11) is 0. The summed E-state index contributed by atoms with van der Waals surface area (Å²) >= 11 is 0. The molecule has 1 aromatic rings. The Morgan fingerprint density at radius 2 is 2.00 bits per heavy atom. The summed E-state index contributed by atoms with van der Waals surface area (Å²) in [6.45, 7) is 0. The van der Waals surface area contributed by atoms with Crippen LogP contribution in [0.3, 0.4) is 0 Å². The monoisotopic (exact) mass is 271 g/mol. The number of amides is 1. The lowest BCUT2D eigenvalue weighted by Crippen LogP contribution is -2.45. The minimum atomic E-state index is -0.930. The third kappa shape index (κ3) is 2.11. The molecule has 1 aromatic carbocycles. The van der Waals surface area contributed by atoms with Crippen molar-refractivity contribution in [3.63, 3.8) is 0 Å². The van der Waals surface area contributed by atoms with Crippen LogP contribution >= 0.6 is 0 Å². The van der Waals surface area contributed by atoms with Gasteiger partial charge in [-0.2, -0.15) is 0 Å². The van der Waals surface area contributed by atoms with E-state index in [1.54, 1.807) is 0 Å². The second-order valence-corrected chi connectivity index (χ2v) is 5.38. The van der Waals surface area contributed by atoms with Gasteiger partial charge in [-0.25, -0.2) is 4.79 Å². The molecule has 2 unspecified atom stereocenters. The lowest BCUT2D eigenvalue weighted by atomic mass is 9.92. The van der Waals surface area contributed by atoms with Gasteiger partial charge < -0.3 is 5.11 Å². The third-order valence-corrected chi connectivity index (χ3v) is 4.12. The molecule has 0 bridgehead atoms. The van der Waals surface area contributed by atoms with Crippen LogP contribution in [0.2, 0.25) is 0 Å². The maximum atomic E-state index is 12.7. The van der Waals surface area contributed by atoms with Crippen LogP contribution < -0.4 is 4.90 Å². The average molecular weight is 271 g/mol. The molecule has 1 heterocycles. The molecule has 4 heteroatoms. The number of carbonyl (C=O) groups is 2. The van der Waals surface area contributed by atoms with Crippen LogP contribution in [0, 0.1) is 5.92 Å². The maximum absolute atomic E-state index is 12.7. The average Bonchev–Trinajstić information content (AvgIpc) is 2.87. The summed E-state index contributed by atoms with van der Waals surface area (Å²) < 4.78 is 0. The first-order valence-corrected chi connectivity index (χ1v) is 6.97. The Labute approximate surface area is 117 Å². The molecule has 2 aliphatic rings. The van der Waals surface area contributed by atoms with E-state index in [1.807, 2.05) is 30.3 Å². The summed E-state index contributed by atoms with van der Waals surface area (Å²) in [5, 5.41) is 9.40. The van der Waals surface area contributed by atoms with Crippen LogP contribution in [-0.2, 0) is 16.0 Å². The van der Waals surface area contributed by atoms with Crippen molar-refractivity contribution in [1.29, 1.82) is 0 Å². The molecular weight excluding hydrogens is 254 g/mol. The molecule has 1 aliphatic carbocycles. The number of benzene rings is 1. The normalized spacial score (nSPS) is 24.5. The maximum Gasteiger partial charge on any atom is 0.327 e. The molecule has 20 heavy (non-hydrogen) atoms. The largest absolute Gasteiger partial charge is 0.480 e. The molecule has 104 valence electrons. The van der Waals surface area contributed by atoms with E-state index in [4.69, 9.17) is 0 Å². The van der Waals surface area contributed by atoms with Crippen molar-refractivity contribution in [3.05, 3.63) is 42.0 Å². The van der Waals surface area contributed by atoms with Gasteiger partial charge in [0.25, 0.3) is 0 Å². The highest BCUT2D eigenvalue weighted by atomic mass is 16.4. The molecule has 0 spiro atoms. The molecule has 0 aromatic heterocycles. The molecular formula is C16H17NO3. The second kappa shape index (κ2) is 5.12. The predicted molar refractivity (Wildman–Crippen MR) is 75.5 cm³/mol.